The third-order valence-electron chi connectivity index (χ3n) is 3.44. The average Bonchev–Trinajstić information content (AvgIpc) is 2.42. The van der Waals surface area contributed by atoms with E-state index in [1.54, 1.807) is 0 Å². The van der Waals surface area contributed by atoms with Crippen LogP contribution in [0.1, 0.15) is 24.8 Å². The number of aryl methyl sites for hydroxylation is 1. The molecular weight excluding hydrogens is 244 g/mol. The van der Waals surface area contributed by atoms with E-state index in [1.807, 2.05) is 30.3 Å². The Morgan fingerprint density at radius 2 is 1.95 bits per heavy atom. The molecule has 1 aromatic carbocycles. The van der Waals surface area contributed by atoms with Crippen LogP contribution in [0.25, 0.3) is 0 Å². The van der Waals surface area contributed by atoms with E-state index in [2.05, 4.69) is 0 Å². The number of Topliss-reactive ketones (excluding diaryl/α,β-unsaturated/α-hetero) is 1. The van der Waals surface area contributed by atoms with Gasteiger partial charge in [-0.15, -0.1) is 0 Å². The number of hydrogen-bond acceptors (Lipinski definition) is 4. The van der Waals surface area contributed by atoms with Crippen LogP contribution < -0.4 is 0 Å². The van der Waals surface area contributed by atoms with Crippen LogP contribution in [-0.4, -0.2) is 40.9 Å². The van der Waals surface area contributed by atoms with E-state index >= 15 is 0 Å². The van der Waals surface area contributed by atoms with Crippen molar-refractivity contribution in [1.29, 1.82) is 0 Å². The van der Waals surface area contributed by atoms with Gasteiger partial charge >= 0.3 is 0 Å². The smallest absolute Gasteiger partial charge is 0.135 e. The SMILES string of the molecule is O=C(CCc1ccccc1)CC1CC(O)C(O)CO1. The van der Waals surface area contributed by atoms with Crippen LogP contribution in [0.5, 0.6) is 0 Å². The zero-order chi connectivity index (χ0) is 13.7. The van der Waals surface area contributed by atoms with Crippen molar-refractivity contribution in [2.24, 2.45) is 0 Å². The van der Waals surface area contributed by atoms with Crippen LogP contribution in [0.4, 0.5) is 0 Å². The van der Waals surface area contributed by atoms with Crippen LogP contribution in [0.15, 0.2) is 30.3 Å². The summed E-state index contributed by atoms with van der Waals surface area (Å²) in [5.74, 6) is 0.137. The quantitative estimate of drug-likeness (QED) is 0.835. The maximum atomic E-state index is 11.8. The lowest BCUT2D eigenvalue weighted by molar-refractivity contribution is -0.136. The van der Waals surface area contributed by atoms with E-state index < -0.39 is 12.2 Å². The topological polar surface area (TPSA) is 66.8 Å². The van der Waals surface area contributed by atoms with Crippen LogP contribution in [0, 0.1) is 0 Å². The fourth-order valence-electron chi connectivity index (χ4n) is 2.27. The molecule has 2 N–H and O–H groups in total. The zero-order valence-electron chi connectivity index (χ0n) is 10.9. The Hall–Kier alpha value is -1.23. The van der Waals surface area contributed by atoms with Gasteiger partial charge in [-0.05, 0) is 12.0 Å². The van der Waals surface area contributed by atoms with E-state index in [9.17, 15) is 15.0 Å². The molecule has 1 aliphatic heterocycles. The number of ether oxygens (including phenoxy) is 1. The highest BCUT2D eigenvalue weighted by Gasteiger charge is 2.29. The first-order valence-corrected chi connectivity index (χ1v) is 6.68. The highest BCUT2D eigenvalue weighted by Crippen LogP contribution is 2.18. The van der Waals surface area contributed by atoms with Crippen molar-refractivity contribution in [3.05, 3.63) is 35.9 Å². The molecule has 1 aromatic rings. The predicted molar refractivity (Wildman–Crippen MR) is 70.8 cm³/mol. The maximum Gasteiger partial charge on any atom is 0.135 e. The van der Waals surface area contributed by atoms with E-state index in [0.717, 1.165) is 12.0 Å². The molecule has 3 unspecified atom stereocenters. The molecule has 0 radical (unpaired) electrons. The molecule has 104 valence electrons. The highest BCUT2D eigenvalue weighted by atomic mass is 16.5. The highest BCUT2D eigenvalue weighted by molar-refractivity contribution is 5.79. The van der Waals surface area contributed by atoms with Gasteiger partial charge in [0.2, 0.25) is 0 Å². The van der Waals surface area contributed by atoms with Gasteiger partial charge in [-0.1, -0.05) is 30.3 Å². The van der Waals surface area contributed by atoms with E-state index in [0.29, 0.717) is 19.3 Å². The van der Waals surface area contributed by atoms with Crippen molar-refractivity contribution < 1.29 is 19.7 Å². The summed E-state index contributed by atoms with van der Waals surface area (Å²) in [7, 11) is 0. The number of aliphatic hydroxyl groups excluding tert-OH is 2. The minimum Gasteiger partial charge on any atom is -0.390 e. The molecule has 0 bridgehead atoms. The summed E-state index contributed by atoms with van der Waals surface area (Å²) in [6.45, 7) is 0.109. The van der Waals surface area contributed by atoms with Gasteiger partial charge in [-0.3, -0.25) is 4.79 Å². The molecule has 1 saturated heterocycles. The molecule has 19 heavy (non-hydrogen) atoms. The number of rotatable bonds is 5. The van der Waals surface area contributed by atoms with Crippen LogP contribution >= 0.6 is 0 Å². The third kappa shape index (κ3) is 4.42. The molecule has 4 nitrogen and oxygen atoms in total. The van der Waals surface area contributed by atoms with E-state index in [-0.39, 0.29) is 18.5 Å². The van der Waals surface area contributed by atoms with Crippen molar-refractivity contribution in [2.75, 3.05) is 6.61 Å². The Morgan fingerprint density at radius 3 is 2.63 bits per heavy atom. The lowest BCUT2D eigenvalue weighted by atomic mass is 9.97. The predicted octanol–water partition coefficient (Wildman–Crippen LogP) is 1.09. The summed E-state index contributed by atoms with van der Waals surface area (Å²) in [4.78, 5) is 11.8. The normalized spacial score (nSPS) is 27.2. The van der Waals surface area contributed by atoms with Crippen LogP contribution in [0.3, 0.4) is 0 Å². The van der Waals surface area contributed by atoms with Crippen molar-refractivity contribution >= 4 is 5.78 Å². The van der Waals surface area contributed by atoms with Gasteiger partial charge in [-0.2, -0.15) is 0 Å². The summed E-state index contributed by atoms with van der Waals surface area (Å²) >= 11 is 0. The lowest BCUT2D eigenvalue weighted by Gasteiger charge is -2.30. The summed E-state index contributed by atoms with van der Waals surface area (Å²) in [6, 6.07) is 9.88. The molecule has 0 saturated carbocycles. The second-order valence-electron chi connectivity index (χ2n) is 5.05. The first-order chi connectivity index (χ1) is 9.15. The summed E-state index contributed by atoms with van der Waals surface area (Å²) in [6.07, 6.45) is 0.00704. The largest absolute Gasteiger partial charge is 0.390 e. The second kappa shape index (κ2) is 6.80. The first kappa shape index (κ1) is 14.2. The van der Waals surface area contributed by atoms with Gasteiger partial charge in [0.15, 0.2) is 0 Å². The molecule has 1 fully saturated rings. The summed E-state index contributed by atoms with van der Waals surface area (Å²) < 4.78 is 5.35. The third-order valence-corrected chi connectivity index (χ3v) is 3.44. The van der Waals surface area contributed by atoms with Gasteiger partial charge in [0.05, 0.1) is 18.8 Å². The van der Waals surface area contributed by atoms with E-state index in [4.69, 9.17) is 4.74 Å². The Bertz CT molecular complexity index is 404. The number of hydrogen-bond donors (Lipinski definition) is 2. The molecular formula is C15H20O4. The Kier molecular flexibility index (Phi) is 5.07. The van der Waals surface area contributed by atoms with Crippen molar-refractivity contribution in [3.8, 4) is 0 Å². The van der Waals surface area contributed by atoms with Crippen molar-refractivity contribution in [1.82, 2.24) is 0 Å². The van der Waals surface area contributed by atoms with Crippen molar-refractivity contribution in [2.45, 2.75) is 44.0 Å². The number of carbonyl (C=O) groups is 1. The van der Waals surface area contributed by atoms with Crippen molar-refractivity contribution in [3.63, 3.8) is 0 Å². The molecule has 0 aromatic heterocycles. The monoisotopic (exact) mass is 264 g/mol. The lowest BCUT2D eigenvalue weighted by Crippen LogP contribution is -2.41. The van der Waals surface area contributed by atoms with Crippen LogP contribution in [-0.2, 0) is 16.0 Å². The summed E-state index contributed by atoms with van der Waals surface area (Å²) in [5.41, 5.74) is 1.15. The molecule has 2 rings (SSSR count). The number of aliphatic hydroxyl groups is 2. The number of carbonyl (C=O) groups excluding carboxylic acids is 1. The average molecular weight is 264 g/mol. The zero-order valence-corrected chi connectivity index (χ0v) is 10.9. The van der Waals surface area contributed by atoms with Gasteiger partial charge in [0.1, 0.15) is 11.9 Å². The maximum absolute atomic E-state index is 11.8. The molecule has 0 amide bonds. The Morgan fingerprint density at radius 1 is 1.21 bits per heavy atom. The minimum atomic E-state index is -0.823. The van der Waals surface area contributed by atoms with Gasteiger partial charge in [-0.25, -0.2) is 0 Å². The Labute approximate surface area is 113 Å². The molecule has 4 heteroatoms. The van der Waals surface area contributed by atoms with Crippen LogP contribution in [0.2, 0.25) is 0 Å². The second-order valence-corrected chi connectivity index (χ2v) is 5.05. The minimum absolute atomic E-state index is 0.109. The van der Waals surface area contributed by atoms with Gasteiger partial charge < -0.3 is 14.9 Å². The van der Waals surface area contributed by atoms with Gasteiger partial charge in [0, 0.05) is 19.3 Å². The Balaban J connectivity index is 1.73. The molecule has 3 atom stereocenters. The standard InChI is InChI=1S/C15H20O4/c16-12(7-6-11-4-2-1-3-5-11)8-13-9-14(17)15(18)10-19-13/h1-5,13-15,17-18H,6-10H2. The molecule has 1 aliphatic rings. The molecule has 1 heterocycles. The van der Waals surface area contributed by atoms with E-state index in [1.165, 1.54) is 0 Å². The van der Waals surface area contributed by atoms with Gasteiger partial charge in [0.25, 0.3) is 0 Å². The number of benzene rings is 1. The fourth-order valence-corrected chi connectivity index (χ4v) is 2.27. The number of ketones is 1. The summed E-state index contributed by atoms with van der Waals surface area (Å²) in [5, 5.41) is 18.8. The molecule has 0 spiro atoms. The molecule has 0 aliphatic carbocycles. The first-order valence-electron chi connectivity index (χ1n) is 6.68. The fraction of sp³-hybridized carbons (Fsp3) is 0.533.